The third kappa shape index (κ3) is 3.43. The van der Waals surface area contributed by atoms with Crippen molar-refractivity contribution in [3.63, 3.8) is 0 Å². The van der Waals surface area contributed by atoms with Crippen molar-refractivity contribution >= 4 is 0 Å². The minimum Gasteiger partial charge on any atom is -0.490 e. The van der Waals surface area contributed by atoms with Crippen LogP contribution >= 0.6 is 0 Å². The maximum absolute atomic E-state index is 13.2. The molecule has 3 nitrogen and oxygen atoms in total. The third-order valence-electron chi connectivity index (χ3n) is 3.12. The van der Waals surface area contributed by atoms with E-state index in [9.17, 15) is 9.50 Å². The molecule has 2 rings (SSSR count). The van der Waals surface area contributed by atoms with Crippen molar-refractivity contribution in [2.45, 2.75) is 38.4 Å². The molecule has 1 aliphatic heterocycles. The summed E-state index contributed by atoms with van der Waals surface area (Å²) in [6.45, 7) is 2.81. The first-order valence-corrected chi connectivity index (χ1v) is 6.38. The first-order chi connectivity index (χ1) is 8.66. The molecule has 0 radical (unpaired) electrons. The van der Waals surface area contributed by atoms with E-state index in [1.807, 2.05) is 0 Å². The van der Waals surface area contributed by atoms with Gasteiger partial charge in [-0.25, -0.2) is 4.39 Å². The molecule has 2 unspecified atom stereocenters. The van der Waals surface area contributed by atoms with Crippen LogP contribution in [0.2, 0.25) is 0 Å². The minimum atomic E-state index is -0.673. The number of benzene rings is 1. The molecule has 18 heavy (non-hydrogen) atoms. The average Bonchev–Trinajstić information content (AvgIpc) is 2.37. The van der Waals surface area contributed by atoms with E-state index in [0.717, 1.165) is 25.9 Å². The Morgan fingerprint density at radius 2 is 2.33 bits per heavy atom. The quantitative estimate of drug-likeness (QED) is 0.898. The fourth-order valence-electron chi connectivity index (χ4n) is 2.10. The Kier molecular flexibility index (Phi) is 4.55. The molecule has 0 saturated carbocycles. The summed E-state index contributed by atoms with van der Waals surface area (Å²) in [7, 11) is 0. The molecule has 1 fully saturated rings. The topological polar surface area (TPSA) is 38.7 Å². The van der Waals surface area contributed by atoms with Crippen LogP contribution in [0.4, 0.5) is 4.39 Å². The molecule has 1 saturated heterocycles. The molecule has 1 aromatic carbocycles. The summed E-state index contributed by atoms with van der Waals surface area (Å²) in [4.78, 5) is 0. The minimum absolute atomic E-state index is 0.0730. The summed E-state index contributed by atoms with van der Waals surface area (Å²) in [5.74, 6) is 0.0399. The highest BCUT2D eigenvalue weighted by molar-refractivity contribution is 5.35. The van der Waals surface area contributed by atoms with Gasteiger partial charge in [0, 0.05) is 18.2 Å². The van der Waals surface area contributed by atoms with E-state index in [0.29, 0.717) is 17.9 Å². The van der Waals surface area contributed by atoms with Crippen LogP contribution in [0.15, 0.2) is 18.2 Å². The summed E-state index contributed by atoms with van der Waals surface area (Å²) in [5.41, 5.74) is 0.604. The Bertz CT molecular complexity index is 387. The van der Waals surface area contributed by atoms with Crippen LogP contribution in [0.5, 0.6) is 5.75 Å². The van der Waals surface area contributed by atoms with E-state index in [-0.39, 0.29) is 11.9 Å². The highest BCUT2D eigenvalue weighted by atomic mass is 19.1. The van der Waals surface area contributed by atoms with Crippen molar-refractivity contribution in [3.05, 3.63) is 29.6 Å². The second-order valence-electron chi connectivity index (χ2n) is 4.66. The molecule has 0 aliphatic carbocycles. The average molecular weight is 254 g/mol. The molecule has 2 atom stereocenters. The van der Waals surface area contributed by atoms with Crippen LogP contribution in [0, 0.1) is 5.82 Å². The normalized spacial score (nSPS) is 21.6. The van der Waals surface area contributed by atoms with Crippen molar-refractivity contribution in [3.8, 4) is 5.75 Å². The Morgan fingerprint density at radius 3 is 3.00 bits per heavy atom. The molecule has 0 aromatic heterocycles. The fourth-order valence-corrected chi connectivity index (χ4v) is 2.10. The summed E-state index contributed by atoms with van der Waals surface area (Å²) < 4.78 is 24.3. The molecular formula is C14H19FO3. The number of hydrogen-bond acceptors (Lipinski definition) is 3. The first kappa shape index (κ1) is 13.3. The van der Waals surface area contributed by atoms with Gasteiger partial charge in [-0.3, -0.25) is 0 Å². The SMILES string of the molecule is CC(O)c1ccc(F)cc1OCC1CCCCO1. The van der Waals surface area contributed by atoms with E-state index in [1.54, 1.807) is 13.0 Å². The van der Waals surface area contributed by atoms with Crippen molar-refractivity contribution < 1.29 is 19.0 Å². The fraction of sp³-hybridized carbons (Fsp3) is 0.571. The molecule has 1 heterocycles. The van der Waals surface area contributed by atoms with Crippen LogP contribution in [0.1, 0.15) is 37.9 Å². The number of aliphatic hydroxyl groups is 1. The molecule has 0 bridgehead atoms. The highest BCUT2D eigenvalue weighted by Crippen LogP contribution is 2.26. The molecule has 0 amide bonds. The van der Waals surface area contributed by atoms with Gasteiger partial charge in [0.05, 0.1) is 12.2 Å². The van der Waals surface area contributed by atoms with Gasteiger partial charge in [0.15, 0.2) is 0 Å². The van der Waals surface area contributed by atoms with Crippen molar-refractivity contribution in [2.75, 3.05) is 13.2 Å². The van der Waals surface area contributed by atoms with Crippen LogP contribution in [0.3, 0.4) is 0 Å². The first-order valence-electron chi connectivity index (χ1n) is 6.38. The molecule has 1 aromatic rings. The zero-order chi connectivity index (χ0) is 13.0. The molecular weight excluding hydrogens is 235 g/mol. The Morgan fingerprint density at radius 1 is 1.50 bits per heavy atom. The van der Waals surface area contributed by atoms with Gasteiger partial charge in [0.1, 0.15) is 18.2 Å². The summed E-state index contributed by atoms with van der Waals surface area (Å²) >= 11 is 0. The molecule has 1 N–H and O–H groups in total. The van der Waals surface area contributed by atoms with Crippen LogP contribution in [-0.4, -0.2) is 24.4 Å². The molecule has 4 heteroatoms. The van der Waals surface area contributed by atoms with Gasteiger partial charge < -0.3 is 14.6 Å². The standard InChI is InChI=1S/C14H19FO3/c1-10(16)13-6-5-11(15)8-14(13)18-9-12-4-2-3-7-17-12/h5-6,8,10,12,16H,2-4,7,9H2,1H3. The maximum Gasteiger partial charge on any atom is 0.128 e. The summed E-state index contributed by atoms with van der Waals surface area (Å²) in [5, 5.41) is 9.60. The van der Waals surface area contributed by atoms with Crippen molar-refractivity contribution in [2.24, 2.45) is 0 Å². The number of halogens is 1. The largest absolute Gasteiger partial charge is 0.490 e. The monoisotopic (exact) mass is 254 g/mol. The zero-order valence-electron chi connectivity index (χ0n) is 10.6. The predicted molar refractivity (Wildman–Crippen MR) is 66.1 cm³/mol. The third-order valence-corrected chi connectivity index (χ3v) is 3.12. The Balaban J connectivity index is 2.00. The lowest BCUT2D eigenvalue weighted by atomic mass is 10.1. The van der Waals surface area contributed by atoms with Gasteiger partial charge in [0.25, 0.3) is 0 Å². The van der Waals surface area contributed by atoms with E-state index >= 15 is 0 Å². The lowest BCUT2D eigenvalue weighted by Gasteiger charge is -2.23. The van der Waals surface area contributed by atoms with Crippen LogP contribution in [-0.2, 0) is 4.74 Å². The van der Waals surface area contributed by atoms with Crippen molar-refractivity contribution in [1.29, 1.82) is 0 Å². The van der Waals surface area contributed by atoms with E-state index in [4.69, 9.17) is 9.47 Å². The van der Waals surface area contributed by atoms with Gasteiger partial charge in [-0.15, -0.1) is 0 Å². The lowest BCUT2D eigenvalue weighted by molar-refractivity contribution is -0.0116. The van der Waals surface area contributed by atoms with Gasteiger partial charge in [-0.05, 0) is 38.3 Å². The predicted octanol–water partition coefficient (Wildman–Crippen LogP) is 2.83. The highest BCUT2D eigenvalue weighted by Gasteiger charge is 2.16. The molecule has 100 valence electrons. The molecule has 1 aliphatic rings. The van der Waals surface area contributed by atoms with Crippen LogP contribution in [0.25, 0.3) is 0 Å². The van der Waals surface area contributed by atoms with Gasteiger partial charge in [0.2, 0.25) is 0 Å². The van der Waals surface area contributed by atoms with Gasteiger partial charge in [-0.1, -0.05) is 0 Å². The second-order valence-corrected chi connectivity index (χ2v) is 4.66. The maximum atomic E-state index is 13.2. The van der Waals surface area contributed by atoms with Crippen LogP contribution < -0.4 is 4.74 Å². The summed E-state index contributed by atoms with van der Waals surface area (Å²) in [6, 6.07) is 4.19. The zero-order valence-corrected chi connectivity index (χ0v) is 10.6. The van der Waals surface area contributed by atoms with Crippen molar-refractivity contribution in [1.82, 2.24) is 0 Å². The number of hydrogen-bond donors (Lipinski definition) is 1. The Labute approximate surface area is 107 Å². The van der Waals surface area contributed by atoms with Gasteiger partial charge in [-0.2, -0.15) is 0 Å². The smallest absolute Gasteiger partial charge is 0.128 e. The number of ether oxygens (including phenoxy) is 2. The van der Waals surface area contributed by atoms with E-state index < -0.39 is 6.10 Å². The van der Waals surface area contributed by atoms with E-state index in [2.05, 4.69) is 0 Å². The lowest BCUT2D eigenvalue weighted by Crippen LogP contribution is -2.26. The second kappa shape index (κ2) is 6.16. The molecule has 0 spiro atoms. The number of rotatable bonds is 4. The Hall–Kier alpha value is -1.13. The van der Waals surface area contributed by atoms with Gasteiger partial charge >= 0.3 is 0 Å². The van der Waals surface area contributed by atoms with E-state index in [1.165, 1.54) is 12.1 Å². The summed E-state index contributed by atoms with van der Waals surface area (Å²) in [6.07, 6.45) is 2.60. The number of aliphatic hydroxyl groups excluding tert-OH is 1.